The van der Waals surface area contributed by atoms with Gasteiger partial charge < -0.3 is 0 Å². The van der Waals surface area contributed by atoms with Gasteiger partial charge in [-0.2, -0.15) is 0 Å². The molecular formula is C15H18N2. The first kappa shape index (κ1) is 10.7. The van der Waals surface area contributed by atoms with Crippen molar-refractivity contribution < 1.29 is 0 Å². The highest BCUT2D eigenvalue weighted by Gasteiger charge is 2.56. The van der Waals surface area contributed by atoms with Gasteiger partial charge in [0.15, 0.2) is 0 Å². The Hall–Kier alpha value is -1.44. The molecule has 0 saturated heterocycles. The Morgan fingerprint density at radius 3 is 2.71 bits per heavy atom. The first-order chi connectivity index (χ1) is 7.99. The van der Waals surface area contributed by atoms with Gasteiger partial charge in [0.2, 0.25) is 0 Å². The van der Waals surface area contributed by atoms with E-state index in [2.05, 4.69) is 56.0 Å². The predicted octanol–water partition coefficient (Wildman–Crippen LogP) is 3.53. The maximum atomic E-state index is 4.57. The van der Waals surface area contributed by atoms with Gasteiger partial charge in [-0.15, -0.1) is 0 Å². The Bertz CT molecular complexity index is 531. The van der Waals surface area contributed by atoms with Crippen LogP contribution in [0.2, 0.25) is 0 Å². The Balaban J connectivity index is 2.29. The van der Waals surface area contributed by atoms with Crippen LogP contribution in [0, 0.1) is 16.7 Å². The number of allylic oxidation sites excluding steroid dienone is 4. The van der Waals surface area contributed by atoms with Gasteiger partial charge in [-0.1, -0.05) is 19.9 Å². The van der Waals surface area contributed by atoms with Crippen LogP contribution >= 0.6 is 0 Å². The zero-order valence-electron chi connectivity index (χ0n) is 10.9. The molecule has 0 spiro atoms. The smallest absolute Gasteiger partial charge is 0.0697 e. The number of rotatable bonds is 1. The molecule has 1 aliphatic carbocycles. The maximum Gasteiger partial charge on any atom is 0.0697 e. The Morgan fingerprint density at radius 2 is 2.00 bits per heavy atom. The average Bonchev–Trinajstić information content (AvgIpc) is 2.55. The number of aliphatic imine (C=N–C) groups is 2. The standard InChI is InChI=1S/C15H18N2/c1-10(2)11-7-14(3)9-17-13-8-16-6-5-12(11)15(13,14)4/h5-10H,1-4H3. The lowest BCUT2D eigenvalue weighted by molar-refractivity contribution is 0.350. The molecule has 2 aliphatic heterocycles. The van der Waals surface area contributed by atoms with Crippen molar-refractivity contribution in [2.24, 2.45) is 26.7 Å². The number of hydrogen-bond acceptors (Lipinski definition) is 2. The predicted molar refractivity (Wildman–Crippen MR) is 72.3 cm³/mol. The summed E-state index contributed by atoms with van der Waals surface area (Å²) in [6.07, 6.45) is 10.4. The van der Waals surface area contributed by atoms with Crippen molar-refractivity contribution in [2.75, 3.05) is 0 Å². The first-order valence-corrected chi connectivity index (χ1v) is 6.22. The van der Waals surface area contributed by atoms with Gasteiger partial charge in [-0.05, 0) is 37.0 Å². The van der Waals surface area contributed by atoms with E-state index in [0.29, 0.717) is 5.92 Å². The zero-order valence-corrected chi connectivity index (χ0v) is 10.9. The normalized spacial score (nSPS) is 37.8. The Kier molecular flexibility index (Phi) is 1.93. The van der Waals surface area contributed by atoms with Crippen molar-refractivity contribution in [3.8, 4) is 0 Å². The largest absolute Gasteiger partial charge is 0.263 e. The van der Waals surface area contributed by atoms with Crippen molar-refractivity contribution >= 4 is 12.4 Å². The van der Waals surface area contributed by atoms with E-state index in [0.717, 1.165) is 5.70 Å². The van der Waals surface area contributed by atoms with E-state index in [-0.39, 0.29) is 10.8 Å². The first-order valence-electron chi connectivity index (χ1n) is 6.22. The molecule has 0 amide bonds. The summed E-state index contributed by atoms with van der Waals surface area (Å²) in [5, 5.41) is 0. The molecule has 0 aromatic carbocycles. The molecular weight excluding hydrogens is 208 g/mol. The second-order valence-electron chi connectivity index (χ2n) is 5.81. The van der Waals surface area contributed by atoms with E-state index in [1.165, 1.54) is 11.1 Å². The molecule has 3 rings (SSSR count). The number of hydrogen-bond donors (Lipinski definition) is 0. The van der Waals surface area contributed by atoms with Crippen LogP contribution in [0.3, 0.4) is 0 Å². The molecule has 0 N–H and O–H groups in total. The van der Waals surface area contributed by atoms with Crippen LogP contribution in [0.4, 0.5) is 0 Å². The molecule has 2 heteroatoms. The lowest BCUT2D eigenvalue weighted by Gasteiger charge is -2.34. The maximum absolute atomic E-state index is 4.57. The minimum absolute atomic E-state index is 0.0119. The topological polar surface area (TPSA) is 24.7 Å². The summed E-state index contributed by atoms with van der Waals surface area (Å²) in [5.41, 5.74) is 3.91. The monoisotopic (exact) mass is 226 g/mol. The van der Waals surface area contributed by atoms with Gasteiger partial charge >= 0.3 is 0 Å². The molecule has 0 fully saturated rings. The molecule has 0 aromatic heterocycles. The molecule has 2 nitrogen and oxygen atoms in total. The second kappa shape index (κ2) is 3.06. The molecule has 0 aromatic rings. The highest BCUT2D eigenvalue weighted by Crippen LogP contribution is 2.62. The fraction of sp³-hybridized carbons (Fsp3) is 0.467. The third-order valence-corrected chi connectivity index (χ3v) is 4.51. The van der Waals surface area contributed by atoms with Crippen LogP contribution in [0.1, 0.15) is 27.7 Å². The minimum Gasteiger partial charge on any atom is -0.263 e. The van der Waals surface area contributed by atoms with Crippen LogP contribution in [0.15, 0.2) is 45.2 Å². The highest BCUT2D eigenvalue weighted by molar-refractivity contribution is 5.86. The fourth-order valence-corrected chi connectivity index (χ4v) is 3.17. The van der Waals surface area contributed by atoms with Gasteiger partial charge in [0.25, 0.3) is 0 Å². The van der Waals surface area contributed by atoms with Gasteiger partial charge in [-0.25, -0.2) is 0 Å². The summed E-state index contributed by atoms with van der Waals surface area (Å²) in [4.78, 5) is 8.87. The van der Waals surface area contributed by atoms with E-state index in [1.54, 1.807) is 0 Å². The summed E-state index contributed by atoms with van der Waals surface area (Å²) < 4.78 is 0. The van der Waals surface area contributed by atoms with Crippen molar-refractivity contribution in [3.63, 3.8) is 0 Å². The van der Waals surface area contributed by atoms with Gasteiger partial charge in [0, 0.05) is 24.0 Å². The lowest BCUT2D eigenvalue weighted by atomic mass is 9.66. The Labute approximate surface area is 103 Å². The average molecular weight is 226 g/mol. The Morgan fingerprint density at radius 1 is 1.24 bits per heavy atom. The summed E-state index contributed by atoms with van der Waals surface area (Å²) in [6, 6.07) is 0. The molecule has 0 saturated carbocycles. The van der Waals surface area contributed by atoms with E-state index in [4.69, 9.17) is 0 Å². The summed E-state index contributed by atoms with van der Waals surface area (Å²) in [5.74, 6) is 0.543. The van der Waals surface area contributed by atoms with Gasteiger partial charge in [-0.3, -0.25) is 9.98 Å². The summed E-state index contributed by atoms with van der Waals surface area (Å²) in [6.45, 7) is 9.07. The minimum atomic E-state index is -0.0247. The second-order valence-corrected chi connectivity index (χ2v) is 5.81. The van der Waals surface area contributed by atoms with Crippen LogP contribution in [0.25, 0.3) is 0 Å². The molecule has 3 aliphatic rings. The lowest BCUT2D eigenvalue weighted by Crippen LogP contribution is -2.32. The fourth-order valence-electron chi connectivity index (χ4n) is 3.17. The highest BCUT2D eigenvalue weighted by atomic mass is 14.9. The molecule has 2 unspecified atom stereocenters. The zero-order chi connectivity index (χ0) is 12.3. The van der Waals surface area contributed by atoms with E-state index >= 15 is 0 Å². The summed E-state index contributed by atoms with van der Waals surface area (Å²) in [7, 11) is 0. The van der Waals surface area contributed by atoms with Crippen LogP contribution in [-0.2, 0) is 0 Å². The van der Waals surface area contributed by atoms with Crippen LogP contribution in [0.5, 0.6) is 0 Å². The van der Waals surface area contributed by atoms with Crippen LogP contribution < -0.4 is 0 Å². The van der Waals surface area contributed by atoms with Gasteiger partial charge in [0.05, 0.1) is 11.1 Å². The van der Waals surface area contributed by atoms with E-state index in [9.17, 15) is 0 Å². The van der Waals surface area contributed by atoms with Crippen LogP contribution in [-0.4, -0.2) is 12.4 Å². The molecule has 2 atom stereocenters. The van der Waals surface area contributed by atoms with Crippen molar-refractivity contribution in [3.05, 3.63) is 35.2 Å². The molecule has 2 heterocycles. The van der Waals surface area contributed by atoms with Gasteiger partial charge in [0.1, 0.15) is 0 Å². The molecule has 88 valence electrons. The van der Waals surface area contributed by atoms with E-state index < -0.39 is 0 Å². The van der Waals surface area contributed by atoms with Crippen molar-refractivity contribution in [2.45, 2.75) is 27.7 Å². The molecule has 0 radical (unpaired) electrons. The van der Waals surface area contributed by atoms with Crippen molar-refractivity contribution in [1.29, 1.82) is 0 Å². The number of nitrogens with zero attached hydrogens (tertiary/aromatic N) is 2. The molecule has 0 bridgehead atoms. The van der Waals surface area contributed by atoms with Crippen molar-refractivity contribution in [1.82, 2.24) is 0 Å². The molecule has 17 heavy (non-hydrogen) atoms. The van der Waals surface area contributed by atoms with E-state index in [1.807, 2.05) is 12.4 Å². The summed E-state index contributed by atoms with van der Waals surface area (Å²) >= 11 is 0. The third kappa shape index (κ3) is 1.11. The SMILES string of the molecule is CC(C)C1=CC2(C)C=NC3=CN=CC=C1C32C. The quantitative estimate of drug-likeness (QED) is 0.653. The third-order valence-electron chi connectivity index (χ3n) is 4.51.